The summed E-state index contributed by atoms with van der Waals surface area (Å²) >= 11 is 0. The summed E-state index contributed by atoms with van der Waals surface area (Å²) in [6.07, 6.45) is 6.52. The van der Waals surface area contributed by atoms with Gasteiger partial charge in [0, 0.05) is 24.5 Å². The van der Waals surface area contributed by atoms with Crippen LogP contribution in [-0.2, 0) is 4.79 Å². The summed E-state index contributed by atoms with van der Waals surface area (Å²) in [5, 5.41) is 3.11. The van der Waals surface area contributed by atoms with Crippen LogP contribution in [0.1, 0.15) is 38.5 Å². The molecule has 3 unspecified atom stereocenters. The Morgan fingerprint density at radius 3 is 2.58 bits per heavy atom. The summed E-state index contributed by atoms with van der Waals surface area (Å²) < 4.78 is 0. The van der Waals surface area contributed by atoms with E-state index >= 15 is 0 Å². The molecule has 0 aromatic rings. The van der Waals surface area contributed by atoms with Crippen LogP contribution < -0.4 is 11.1 Å². The van der Waals surface area contributed by atoms with Gasteiger partial charge in [0.2, 0.25) is 5.91 Å². The maximum absolute atomic E-state index is 12.0. The number of hydrogen-bond donors (Lipinski definition) is 2. The van der Waals surface area contributed by atoms with Crippen molar-refractivity contribution in [2.75, 3.05) is 20.1 Å². The predicted molar refractivity (Wildman–Crippen MR) is 83.1 cm³/mol. The van der Waals surface area contributed by atoms with Gasteiger partial charge in [-0.2, -0.15) is 0 Å². The highest BCUT2D eigenvalue weighted by Gasteiger charge is 2.27. The lowest BCUT2D eigenvalue weighted by molar-refractivity contribution is -0.126. The van der Waals surface area contributed by atoms with E-state index in [9.17, 15) is 4.79 Å². The van der Waals surface area contributed by atoms with Crippen LogP contribution >= 0.6 is 24.8 Å². The number of amides is 1. The highest BCUT2D eigenvalue weighted by molar-refractivity contribution is 5.85. The molecule has 1 heterocycles. The van der Waals surface area contributed by atoms with Crippen molar-refractivity contribution in [1.29, 1.82) is 0 Å². The van der Waals surface area contributed by atoms with Gasteiger partial charge in [-0.25, -0.2) is 0 Å². The molecule has 1 saturated carbocycles. The smallest absolute Gasteiger partial charge is 0.223 e. The second-order valence-corrected chi connectivity index (χ2v) is 5.65. The number of rotatable bonds is 3. The molecule has 1 amide bonds. The predicted octanol–water partition coefficient (Wildman–Crippen LogP) is 1.56. The van der Waals surface area contributed by atoms with Crippen molar-refractivity contribution in [3.8, 4) is 0 Å². The van der Waals surface area contributed by atoms with Gasteiger partial charge in [0.05, 0.1) is 0 Å². The van der Waals surface area contributed by atoms with Crippen LogP contribution in [0.25, 0.3) is 0 Å². The average molecular weight is 312 g/mol. The monoisotopic (exact) mass is 311 g/mol. The Morgan fingerprint density at radius 2 is 2.00 bits per heavy atom. The van der Waals surface area contributed by atoms with Crippen LogP contribution in [0.5, 0.6) is 0 Å². The molecule has 0 aromatic carbocycles. The van der Waals surface area contributed by atoms with Gasteiger partial charge in [0.15, 0.2) is 0 Å². The van der Waals surface area contributed by atoms with Crippen molar-refractivity contribution in [3.63, 3.8) is 0 Å². The standard InChI is InChI=1S/C13H25N3O.2ClH/c1-16-7-3-6-12(16)9-15-13(17)10-4-2-5-11(14)8-10;;/h10-12H,2-9,14H2,1H3,(H,15,17);2*1H. The van der Waals surface area contributed by atoms with Gasteiger partial charge in [-0.3, -0.25) is 4.79 Å². The molecule has 2 aliphatic rings. The van der Waals surface area contributed by atoms with E-state index in [1.807, 2.05) is 0 Å². The van der Waals surface area contributed by atoms with E-state index in [1.165, 1.54) is 12.8 Å². The molecule has 1 aliphatic heterocycles. The third-order valence-corrected chi connectivity index (χ3v) is 4.27. The molecule has 6 heteroatoms. The number of carbonyl (C=O) groups is 1. The summed E-state index contributed by atoms with van der Waals surface area (Å²) in [7, 11) is 2.14. The molecule has 1 aliphatic carbocycles. The molecule has 2 rings (SSSR count). The lowest BCUT2D eigenvalue weighted by Gasteiger charge is -2.27. The minimum Gasteiger partial charge on any atom is -0.354 e. The second-order valence-electron chi connectivity index (χ2n) is 5.65. The molecule has 4 nitrogen and oxygen atoms in total. The van der Waals surface area contributed by atoms with Crippen LogP contribution in [0.3, 0.4) is 0 Å². The van der Waals surface area contributed by atoms with Crippen LogP contribution in [-0.4, -0.2) is 43.0 Å². The molecule has 2 fully saturated rings. The van der Waals surface area contributed by atoms with Gasteiger partial charge >= 0.3 is 0 Å². The number of likely N-dealkylation sites (tertiary alicyclic amines) is 1. The van der Waals surface area contributed by atoms with Gasteiger partial charge in [-0.1, -0.05) is 6.42 Å². The lowest BCUT2D eigenvalue weighted by atomic mass is 9.85. The van der Waals surface area contributed by atoms with Gasteiger partial charge in [0.25, 0.3) is 0 Å². The molecule has 3 atom stereocenters. The van der Waals surface area contributed by atoms with Crippen molar-refractivity contribution in [1.82, 2.24) is 10.2 Å². The fourth-order valence-corrected chi connectivity index (χ4v) is 3.07. The fraction of sp³-hybridized carbons (Fsp3) is 0.923. The highest BCUT2D eigenvalue weighted by Crippen LogP contribution is 2.23. The zero-order valence-electron chi connectivity index (χ0n) is 11.6. The minimum atomic E-state index is 0. The Hall–Kier alpha value is -0.0300. The Kier molecular flexibility index (Phi) is 8.99. The lowest BCUT2D eigenvalue weighted by Crippen LogP contribution is -2.43. The largest absolute Gasteiger partial charge is 0.354 e. The number of halogens is 2. The summed E-state index contributed by atoms with van der Waals surface area (Å²) in [6, 6.07) is 0.768. The normalized spacial score (nSPS) is 31.2. The third kappa shape index (κ3) is 5.46. The van der Waals surface area contributed by atoms with Gasteiger partial charge < -0.3 is 16.0 Å². The van der Waals surface area contributed by atoms with Crippen LogP contribution in [0.2, 0.25) is 0 Å². The van der Waals surface area contributed by atoms with Crippen LogP contribution in [0.4, 0.5) is 0 Å². The number of nitrogens with zero attached hydrogens (tertiary/aromatic N) is 1. The molecule has 3 N–H and O–H groups in total. The van der Waals surface area contributed by atoms with Crippen molar-refractivity contribution in [2.24, 2.45) is 11.7 Å². The number of hydrogen-bond acceptors (Lipinski definition) is 3. The number of nitrogens with two attached hydrogens (primary N) is 1. The van der Waals surface area contributed by atoms with Crippen molar-refractivity contribution in [3.05, 3.63) is 0 Å². The van der Waals surface area contributed by atoms with E-state index in [4.69, 9.17) is 5.73 Å². The Balaban J connectivity index is 0.00000162. The minimum absolute atomic E-state index is 0. The first-order valence-electron chi connectivity index (χ1n) is 6.90. The third-order valence-electron chi connectivity index (χ3n) is 4.27. The average Bonchev–Trinajstić information content (AvgIpc) is 2.72. The molecule has 114 valence electrons. The van der Waals surface area contributed by atoms with Gasteiger partial charge in [-0.15, -0.1) is 24.8 Å². The highest BCUT2D eigenvalue weighted by atomic mass is 35.5. The number of carbonyl (C=O) groups excluding carboxylic acids is 1. The maximum atomic E-state index is 12.0. The first-order chi connectivity index (χ1) is 8.16. The summed E-state index contributed by atoms with van der Waals surface area (Å²) in [5.41, 5.74) is 5.92. The molecule has 0 spiro atoms. The SMILES string of the molecule is CN1CCCC1CNC(=O)C1CCCC(N)C1.Cl.Cl. The van der Waals surface area contributed by atoms with E-state index < -0.39 is 0 Å². The van der Waals surface area contributed by atoms with E-state index in [0.29, 0.717) is 6.04 Å². The van der Waals surface area contributed by atoms with Crippen LogP contribution in [0, 0.1) is 5.92 Å². The van der Waals surface area contributed by atoms with Crippen molar-refractivity contribution < 1.29 is 4.79 Å². The molecular weight excluding hydrogens is 285 g/mol. The van der Waals surface area contributed by atoms with E-state index in [0.717, 1.165) is 38.8 Å². The molecular formula is C13H27Cl2N3O. The van der Waals surface area contributed by atoms with E-state index in [1.54, 1.807) is 0 Å². The Morgan fingerprint density at radius 1 is 1.26 bits per heavy atom. The number of nitrogens with one attached hydrogen (secondary N) is 1. The molecule has 0 radical (unpaired) electrons. The first-order valence-corrected chi connectivity index (χ1v) is 6.90. The summed E-state index contributed by atoms with van der Waals surface area (Å²) in [5.74, 6) is 0.380. The molecule has 19 heavy (non-hydrogen) atoms. The topological polar surface area (TPSA) is 58.4 Å². The Bertz CT molecular complexity index is 279. The van der Waals surface area contributed by atoms with Crippen molar-refractivity contribution in [2.45, 2.75) is 50.6 Å². The maximum Gasteiger partial charge on any atom is 0.223 e. The molecule has 0 bridgehead atoms. The molecule has 0 aromatic heterocycles. The molecule has 1 saturated heterocycles. The summed E-state index contributed by atoms with van der Waals surface area (Å²) in [6.45, 7) is 1.97. The van der Waals surface area contributed by atoms with E-state index in [2.05, 4.69) is 17.3 Å². The zero-order chi connectivity index (χ0) is 12.3. The van der Waals surface area contributed by atoms with Gasteiger partial charge in [-0.05, 0) is 45.7 Å². The zero-order valence-corrected chi connectivity index (χ0v) is 13.3. The van der Waals surface area contributed by atoms with Crippen LogP contribution in [0.15, 0.2) is 0 Å². The first kappa shape index (κ1) is 19.0. The fourth-order valence-electron chi connectivity index (χ4n) is 3.07. The summed E-state index contributed by atoms with van der Waals surface area (Å²) in [4.78, 5) is 14.4. The Labute approximate surface area is 128 Å². The second kappa shape index (κ2) is 9.01. The van der Waals surface area contributed by atoms with Crippen molar-refractivity contribution >= 4 is 30.7 Å². The van der Waals surface area contributed by atoms with E-state index in [-0.39, 0.29) is 42.7 Å². The number of likely N-dealkylation sites (N-methyl/N-ethyl adjacent to an activating group) is 1. The van der Waals surface area contributed by atoms with Gasteiger partial charge in [0.1, 0.15) is 0 Å². The quantitative estimate of drug-likeness (QED) is 0.831.